The predicted octanol–water partition coefficient (Wildman–Crippen LogP) is 4.57. The Labute approximate surface area is 194 Å². The van der Waals surface area contributed by atoms with E-state index in [4.69, 9.17) is 9.15 Å². The Hall–Kier alpha value is -3.17. The van der Waals surface area contributed by atoms with Crippen LogP contribution in [0.1, 0.15) is 12.8 Å². The van der Waals surface area contributed by atoms with Crippen molar-refractivity contribution in [3.8, 4) is 17.2 Å². The Morgan fingerprint density at radius 3 is 2.91 bits per heavy atom. The molecule has 0 spiro atoms. The van der Waals surface area contributed by atoms with E-state index in [1.54, 1.807) is 35.5 Å². The molecule has 10 heteroatoms. The normalized spacial score (nSPS) is 16.7. The smallest absolute Gasteiger partial charge is 0.260 e. The molecule has 174 valence electrons. The van der Waals surface area contributed by atoms with Gasteiger partial charge in [-0.3, -0.25) is 4.90 Å². The van der Waals surface area contributed by atoms with Gasteiger partial charge < -0.3 is 18.8 Å². The van der Waals surface area contributed by atoms with E-state index in [2.05, 4.69) is 10.1 Å². The molecule has 1 aromatic carbocycles. The second-order valence-corrected chi connectivity index (χ2v) is 7.95. The molecule has 1 saturated heterocycles. The van der Waals surface area contributed by atoms with Crippen LogP contribution in [0.2, 0.25) is 0 Å². The van der Waals surface area contributed by atoms with E-state index in [-0.39, 0.29) is 32.0 Å². The number of fused-ring (bicyclic) bond motifs is 2. The fraction of sp³-hybridized carbons (Fsp3) is 0.304. The summed E-state index contributed by atoms with van der Waals surface area (Å²) >= 11 is 0. The summed E-state index contributed by atoms with van der Waals surface area (Å²) in [5, 5.41) is 13.9. The first-order valence-corrected chi connectivity index (χ1v) is 10.4. The fourth-order valence-electron chi connectivity index (χ4n) is 4.05. The second-order valence-electron chi connectivity index (χ2n) is 7.95. The lowest BCUT2D eigenvalue weighted by Gasteiger charge is -2.32. The minimum atomic E-state index is -2.63. The minimum absolute atomic E-state index is 0. The van der Waals surface area contributed by atoms with Gasteiger partial charge in [-0.25, -0.2) is 13.8 Å². The maximum atomic E-state index is 13.5. The van der Waals surface area contributed by atoms with Gasteiger partial charge in [0, 0.05) is 30.7 Å². The Balaban J connectivity index is 0.00000259. The third-order valence-corrected chi connectivity index (χ3v) is 5.64. The Bertz CT molecular complexity index is 1340. The molecule has 7 nitrogen and oxygen atoms in total. The van der Waals surface area contributed by atoms with E-state index in [9.17, 15) is 14.0 Å². The number of hydrogen-bond donors (Lipinski definition) is 1. The molecule has 3 aromatic heterocycles. The van der Waals surface area contributed by atoms with Gasteiger partial charge in [0.1, 0.15) is 29.0 Å². The van der Waals surface area contributed by atoms with Gasteiger partial charge in [0.05, 0.1) is 18.3 Å². The number of likely N-dealkylation sites (tertiary alicyclic amines) is 1. The predicted molar refractivity (Wildman–Crippen MR) is 121 cm³/mol. The quantitative estimate of drug-likeness (QED) is 0.337. The van der Waals surface area contributed by atoms with Crippen LogP contribution in [0.5, 0.6) is 5.75 Å². The van der Waals surface area contributed by atoms with E-state index in [0.29, 0.717) is 53.0 Å². The van der Waals surface area contributed by atoms with Crippen molar-refractivity contribution in [1.82, 2.24) is 14.3 Å². The molecule has 33 heavy (non-hydrogen) atoms. The molecule has 4 aromatic rings. The van der Waals surface area contributed by atoms with Crippen molar-refractivity contribution in [2.75, 3.05) is 26.2 Å². The van der Waals surface area contributed by atoms with E-state index < -0.39 is 5.92 Å². The highest BCUT2D eigenvalue weighted by Gasteiger charge is 2.34. The molecule has 1 aliphatic rings. The van der Waals surface area contributed by atoms with Crippen molar-refractivity contribution in [3.05, 3.63) is 60.3 Å². The van der Waals surface area contributed by atoms with Gasteiger partial charge in [-0.15, -0.1) is 12.4 Å². The van der Waals surface area contributed by atoms with Crippen LogP contribution in [0.25, 0.3) is 27.9 Å². The third kappa shape index (κ3) is 4.94. The van der Waals surface area contributed by atoms with Gasteiger partial charge in [-0.05, 0) is 49.4 Å². The van der Waals surface area contributed by atoms with E-state index in [1.165, 1.54) is 0 Å². The molecule has 0 unspecified atom stereocenters. The molecule has 1 aliphatic heterocycles. The first-order valence-electron chi connectivity index (χ1n) is 10.4. The van der Waals surface area contributed by atoms with Crippen molar-refractivity contribution in [1.29, 1.82) is 0 Å². The average molecular weight is 477 g/mol. The summed E-state index contributed by atoms with van der Waals surface area (Å²) < 4.78 is 40.8. The van der Waals surface area contributed by atoms with Crippen molar-refractivity contribution >= 4 is 28.9 Å². The number of piperidine rings is 1. The number of hydrogen-bond acceptors (Lipinski definition) is 6. The van der Waals surface area contributed by atoms with Gasteiger partial charge in [0.15, 0.2) is 5.76 Å². The lowest BCUT2D eigenvalue weighted by atomic mass is 10.1. The van der Waals surface area contributed by atoms with Crippen molar-refractivity contribution in [2.24, 2.45) is 5.16 Å². The van der Waals surface area contributed by atoms with Gasteiger partial charge in [-0.1, -0.05) is 5.16 Å². The van der Waals surface area contributed by atoms with Crippen molar-refractivity contribution in [3.63, 3.8) is 0 Å². The first kappa shape index (κ1) is 23.0. The molecule has 0 amide bonds. The number of ether oxygens (including phenoxy) is 1. The molecule has 1 N–H and O–H groups in total. The molecule has 5 rings (SSSR count). The molecule has 0 atom stereocenters. The number of aromatic nitrogens is 2. The largest absolute Gasteiger partial charge is 0.492 e. The van der Waals surface area contributed by atoms with Gasteiger partial charge in [0.25, 0.3) is 5.92 Å². The molecule has 1 fully saturated rings. The fourth-order valence-corrected chi connectivity index (χ4v) is 4.05. The zero-order chi connectivity index (χ0) is 22.1. The topological polar surface area (TPSA) is 75.5 Å². The van der Waals surface area contributed by atoms with Crippen LogP contribution in [0.4, 0.5) is 8.78 Å². The second kappa shape index (κ2) is 9.36. The van der Waals surface area contributed by atoms with Gasteiger partial charge in [0.2, 0.25) is 0 Å². The maximum Gasteiger partial charge on any atom is 0.260 e. The molecule has 4 heterocycles. The summed E-state index contributed by atoms with van der Waals surface area (Å²) in [6, 6.07) is 12.6. The number of rotatable bonds is 5. The van der Waals surface area contributed by atoms with Crippen LogP contribution < -0.4 is 10.1 Å². The minimum Gasteiger partial charge on any atom is -0.492 e. The molecule has 0 bridgehead atoms. The van der Waals surface area contributed by atoms with Crippen LogP contribution in [-0.4, -0.2) is 51.7 Å². The van der Waals surface area contributed by atoms with Gasteiger partial charge >= 0.3 is 0 Å². The SMILES string of the molecule is Cl.ON=c1cc(-c2cc3cccn3cn2)oc2ccc(OCCN3CCCC(F)(F)C3)cc12. The molecular weight excluding hydrogens is 454 g/mol. The summed E-state index contributed by atoms with van der Waals surface area (Å²) in [4.78, 5) is 6.13. The number of nitrogens with zero attached hydrogens (tertiary/aromatic N) is 4. The monoisotopic (exact) mass is 476 g/mol. The van der Waals surface area contributed by atoms with E-state index >= 15 is 0 Å². The zero-order valence-corrected chi connectivity index (χ0v) is 18.5. The molecular formula is C23H23ClF2N4O3. The van der Waals surface area contributed by atoms with Gasteiger partial charge in [-0.2, -0.15) is 0 Å². The molecule has 0 aliphatic carbocycles. The Kier molecular flexibility index (Phi) is 6.53. The van der Waals surface area contributed by atoms with E-state index in [0.717, 1.165) is 5.52 Å². The molecule has 0 saturated carbocycles. The lowest BCUT2D eigenvalue weighted by Crippen LogP contribution is -2.44. The number of alkyl halides is 2. The number of benzene rings is 1. The Morgan fingerprint density at radius 2 is 2.09 bits per heavy atom. The third-order valence-electron chi connectivity index (χ3n) is 5.64. The Morgan fingerprint density at radius 1 is 1.21 bits per heavy atom. The van der Waals surface area contributed by atoms with Crippen LogP contribution in [0.3, 0.4) is 0 Å². The van der Waals surface area contributed by atoms with Crippen LogP contribution in [0, 0.1) is 0 Å². The summed E-state index contributed by atoms with van der Waals surface area (Å²) in [7, 11) is 0. The maximum absolute atomic E-state index is 13.5. The highest BCUT2D eigenvalue weighted by molar-refractivity contribution is 5.85. The summed E-state index contributed by atoms with van der Waals surface area (Å²) in [6.45, 7) is 1.12. The van der Waals surface area contributed by atoms with Crippen molar-refractivity contribution in [2.45, 2.75) is 18.8 Å². The van der Waals surface area contributed by atoms with Crippen LogP contribution in [-0.2, 0) is 0 Å². The zero-order valence-electron chi connectivity index (χ0n) is 17.7. The summed E-state index contributed by atoms with van der Waals surface area (Å²) in [5.41, 5.74) is 2.08. The first-order chi connectivity index (χ1) is 15.5. The van der Waals surface area contributed by atoms with Crippen molar-refractivity contribution < 1.29 is 23.1 Å². The highest BCUT2D eigenvalue weighted by atomic mass is 35.5. The average Bonchev–Trinajstić information content (AvgIpc) is 3.25. The highest BCUT2D eigenvalue weighted by Crippen LogP contribution is 2.27. The summed E-state index contributed by atoms with van der Waals surface area (Å²) in [5.74, 6) is -1.62. The summed E-state index contributed by atoms with van der Waals surface area (Å²) in [6.07, 6.45) is 4.02. The number of halogens is 3. The lowest BCUT2D eigenvalue weighted by molar-refractivity contribution is -0.0656. The standard InChI is InChI=1S/C23H22F2N4O3.ClH/c24-23(25)6-2-7-28(14-23)9-10-31-17-4-5-21-18(12-17)19(27-30)13-22(32-21)20-11-16-3-1-8-29(16)15-26-20;/h1,3-5,8,11-13,15,30H,2,6-7,9-10,14H2;1H. The van der Waals surface area contributed by atoms with Crippen LogP contribution in [0.15, 0.2) is 64.6 Å². The molecule has 0 radical (unpaired) electrons. The van der Waals surface area contributed by atoms with Crippen LogP contribution >= 0.6 is 12.4 Å². The van der Waals surface area contributed by atoms with E-state index in [1.807, 2.05) is 28.8 Å².